The quantitative estimate of drug-likeness (QED) is 0.734. The van der Waals surface area contributed by atoms with Gasteiger partial charge in [-0.3, -0.25) is 4.68 Å². The zero-order valence-corrected chi connectivity index (χ0v) is 14.7. The lowest BCUT2D eigenvalue weighted by Gasteiger charge is -2.08. The van der Waals surface area contributed by atoms with Crippen molar-refractivity contribution in [3.8, 4) is 0 Å². The number of carbonyl (C=O) groups is 1. The number of aromatic carboxylic acids is 1. The minimum Gasteiger partial charge on any atom is -0.478 e. The molecule has 132 valence electrons. The molecule has 3 rings (SSSR count). The molecular formula is C20H20N4O2. The van der Waals surface area contributed by atoms with Crippen LogP contribution in [0.3, 0.4) is 0 Å². The van der Waals surface area contributed by atoms with Crippen LogP contribution in [-0.2, 0) is 6.54 Å². The van der Waals surface area contributed by atoms with Crippen LogP contribution in [0, 0.1) is 0 Å². The molecule has 2 heterocycles. The van der Waals surface area contributed by atoms with E-state index in [1.165, 1.54) is 11.8 Å². The third-order valence-electron chi connectivity index (χ3n) is 3.88. The first-order chi connectivity index (χ1) is 12.5. The van der Waals surface area contributed by atoms with Crippen molar-refractivity contribution in [2.75, 3.05) is 0 Å². The van der Waals surface area contributed by atoms with Gasteiger partial charge in [0.25, 0.3) is 0 Å². The van der Waals surface area contributed by atoms with E-state index in [1.54, 1.807) is 12.3 Å². The normalized spacial score (nSPS) is 11.3. The molecule has 0 radical (unpaired) electrons. The van der Waals surface area contributed by atoms with Crippen LogP contribution < -0.4 is 0 Å². The van der Waals surface area contributed by atoms with Gasteiger partial charge in [0, 0.05) is 18.0 Å². The van der Waals surface area contributed by atoms with E-state index in [4.69, 9.17) is 0 Å². The second-order valence-corrected chi connectivity index (χ2v) is 6.28. The molecule has 0 atom stereocenters. The molecule has 0 aliphatic rings. The molecule has 0 unspecified atom stereocenters. The molecular weight excluding hydrogens is 328 g/mol. The molecule has 6 nitrogen and oxygen atoms in total. The van der Waals surface area contributed by atoms with Crippen molar-refractivity contribution < 1.29 is 9.90 Å². The smallest absolute Gasteiger partial charge is 0.339 e. The van der Waals surface area contributed by atoms with E-state index in [0.717, 1.165) is 5.56 Å². The number of hydrogen-bond acceptors (Lipinski definition) is 4. The lowest BCUT2D eigenvalue weighted by Crippen LogP contribution is -2.08. The topological polar surface area (TPSA) is 80.9 Å². The predicted molar refractivity (Wildman–Crippen MR) is 99.8 cm³/mol. The summed E-state index contributed by atoms with van der Waals surface area (Å²) in [6.07, 6.45) is 8.71. The molecule has 3 aromatic rings. The van der Waals surface area contributed by atoms with E-state index in [0.29, 0.717) is 18.1 Å². The first-order valence-electron chi connectivity index (χ1n) is 8.37. The summed E-state index contributed by atoms with van der Waals surface area (Å²) < 4.78 is 1.86. The van der Waals surface area contributed by atoms with Crippen LogP contribution in [-0.4, -0.2) is 30.8 Å². The van der Waals surface area contributed by atoms with Gasteiger partial charge in [-0.05, 0) is 23.6 Å². The zero-order chi connectivity index (χ0) is 18.5. The van der Waals surface area contributed by atoms with Crippen molar-refractivity contribution in [3.05, 3.63) is 77.1 Å². The Bertz CT molecular complexity index is 930. The number of benzene rings is 1. The van der Waals surface area contributed by atoms with Crippen molar-refractivity contribution in [2.24, 2.45) is 0 Å². The van der Waals surface area contributed by atoms with Gasteiger partial charge in [0.2, 0.25) is 0 Å². The van der Waals surface area contributed by atoms with Crippen molar-refractivity contribution in [1.82, 2.24) is 19.7 Å². The van der Waals surface area contributed by atoms with Gasteiger partial charge in [-0.15, -0.1) is 0 Å². The highest BCUT2D eigenvalue weighted by atomic mass is 16.4. The van der Waals surface area contributed by atoms with E-state index < -0.39 is 5.97 Å². The van der Waals surface area contributed by atoms with Gasteiger partial charge in [-0.1, -0.05) is 44.2 Å². The molecule has 26 heavy (non-hydrogen) atoms. The van der Waals surface area contributed by atoms with Crippen LogP contribution >= 0.6 is 0 Å². The van der Waals surface area contributed by atoms with Crippen molar-refractivity contribution in [1.29, 1.82) is 0 Å². The maximum Gasteiger partial charge on any atom is 0.339 e. The number of carboxylic acid groups (broad SMARTS) is 1. The predicted octanol–water partition coefficient (Wildman–Crippen LogP) is 3.71. The van der Waals surface area contributed by atoms with Crippen LogP contribution in [0.2, 0.25) is 0 Å². The van der Waals surface area contributed by atoms with E-state index in [-0.39, 0.29) is 11.5 Å². The Morgan fingerprint density at radius 1 is 1.19 bits per heavy atom. The second-order valence-electron chi connectivity index (χ2n) is 6.28. The van der Waals surface area contributed by atoms with Crippen molar-refractivity contribution in [3.63, 3.8) is 0 Å². The highest BCUT2D eigenvalue weighted by Crippen LogP contribution is 2.17. The van der Waals surface area contributed by atoms with Gasteiger partial charge in [-0.2, -0.15) is 5.10 Å². The van der Waals surface area contributed by atoms with E-state index in [2.05, 4.69) is 27.2 Å². The van der Waals surface area contributed by atoms with Crippen molar-refractivity contribution in [2.45, 2.75) is 26.3 Å². The van der Waals surface area contributed by atoms with E-state index in [1.807, 2.05) is 49.0 Å². The summed E-state index contributed by atoms with van der Waals surface area (Å²) in [5.41, 5.74) is 2.79. The molecule has 2 aromatic heterocycles. The van der Waals surface area contributed by atoms with Gasteiger partial charge in [-0.25, -0.2) is 14.8 Å². The fraction of sp³-hybridized carbons (Fsp3) is 0.200. The maximum absolute atomic E-state index is 11.3. The first kappa shape index (κ1) is 17.5. The molecule has 0 saturated carbocycles. The van der Waals surface area contributed by atoms with Gasteiger partial charge in [0.05, 0.1) is 24.0 Å². The molecule has 0 saturated heterocycles. The molecule has 1 N–H and O–H groups in total. The minimum absolute atomic E-state index is 0.00451. The highest BCUT2D eigenvalue weighted by Gasteiger charge is 2.15. The van der Waals surface area contributed by atoms with Crippen LogP contribution in [0.1, 0.15) is 52.8 Å². The van der Waals surface area contributed by atoms with Gasteiger partial charge in [0.15, 0.2) is 5.82 Å². The number of rotatable bonds is 6. The lowest BCUT2D eigenvalue weighted by atomic mass is 10.1. The third-order valence-corrected chi connectivity index (χ3v) is 3.88. The zero-order valence-electron chi connectivity index (χ0n) is 14.7. The summed E-state index contributed by atoms with van der Waals surface area (Å²) in [6.45, 7) is 4.53. The molecule has 0 bridgehead atoms. The van der Waals surface area contributed by atoms with Crippen LogP contribution in [0.5, 0.6) is 0 Å². The summed E-state index contributed by atoms with van der Waals surface area (Å²) in [5, 5.41) is 13.6. The molecule has 0 fully saturated rings. The Kier molecular flexibility index (Phi) is 5.22. The van der Waals surface area contributed by atoms with Crippen LogP contribution in [0.25, 0.3) is 12.2 Å². The second kappa shape index (κ2) is 7.74. The minimum atomic E-state index is -1.01. The average molecular weight is 348 g/mol. The summed E-state index contributed by atoms with van der Waals surface area (Å²) in [7, 11) is 0. The van der Waals surface area contributed by atoms with Gasteiger partial charge in [0.1, 0.15) is 0 Å². The molecule has 6 heteroatoms. The van der Waals surface area contributed by atoms with E-state index in [9.17, 15) is 9.90 Å². The summed E-state index contributed by atoms with van der Waals surface area (Å²) >= 11 is 0. The standard InChI is InChI=1S/C20H20N4O2/c1-14(2)19-17(20(25)26)11-21-18(23-19)9-8-16-10-22-24(13-16)12-15-6-4-3-5-7-15/h3-11,13-14H,12H2,1-2H3,(H,25,26). The monoisotopic (exact) mass is 348 g/mol. The Morgan fingerprint density at radius 3 is 2.65 bits per heavy atom. The molecule has 0 aliphatic carbocycles. The summed E-state index contributed by atoms with van der Waals surface area (Å²) in [5.74, 6) is -0.522. The van der Waals surface area contributed by atoms with Crippen LogP contribution in [0.4, 0.5) is 0 Å². The maximum atomic E-state index is 11.3. The fourth-order valence-corrected chi connectivity index (χ4v) is 2.59. The summed E-state index contributed by atoms with van der Waals surface area (Å²) in [6, 6.07) is 10.1. The molecule has 0 aliphatic heterocycles. The first-order valence-corrected chi connectivity index (χ1v) is 8.37. The number of hydrogen-bond donors (Lipinski definition) is 1. The van der Waals surface area contributed by atoms with Crippen LogP contribution in [0.15, 0.2) is 48.9 Å². The highest BCUT2D eigenvalue weighted by molar-refractivity contribution is 5.88. The number of nitrogens with zero attached hydrogens (tertiary/aromatic N) is 4. The Labute approximate surface area is 151 Å². The average Bonchev–Trinajstić information content (AvgIpc) is 3.07. The molecule has 1 aromatic carbocycles. The number of carboxylic acids is 1. The van der Waals surface area contributed by atoms with Gasteiger partial charge >= 0.3 is 5.97 Å². The lowest BCUT2D eigenvalue weighted by molar-refractivity contribution is 0.0694. The Morgan fingerprint density at radius 2 is 1.96 bits per heavy atom. The Balaban J connectivity index is 1.76. The largest absolute Gasteiger partial charge is 0.478 e. The van der Waals surface area contributed by atoms with Crippen molar-refractivity contribution >= 4 is 18.1 Å². The third kappa shape index (κ3) is 4.22. The SMILES string of the molecule is CC(C)c1nc(C=Cc2cnn(Cc3ccccc3)c2)ncc1C(=O)O. The molecule has 0 amide bonds. The van der Waals surface area contributed by atoms with Gasteiger partial charge < -0.3 is 5.11 Å². The fourth-order valence-electron chi connectivity index (χ4n) is 2.59. The van der Waals surface area contributed by atoms with E-state index >= 15 is 0 Å². The molecule has 0 spiro atoms. The summed E-state index contributed by atoms with van der Waals surface area (Å²) in [4.78, 5) is 19.8. The number of aromatic nitrogens is 4. The Hall–Kier alpha value is -3.28.